The molecule has 0 aliphatic carbocycles. The molecule has 1 N–H and O–H groups in total. The van der Waals surface area contributed by atoms with Crippen molar-refractivity contribution in [3.05, 3.63) is 36.4 Å². The summed E-state index contributed by atoms with van der Waals surface area (Å²) in [6.07, 6.45) is 0. The third kappa shape index (κ3) is 3.43. The Balaban J connectivity index is 1.40. The summed E-state index contributed by atoms with van der Waals surface area (Å²) in [5.41, 5.74) is 1.58. The Kier molecular flexibility index (Phi) is 4.95. The highest BCUT2D eigenvalue weighted by Crippen LogP contribution is 2.35. The fraction of sp³-hybridized carbons (Fsp3) is 0.300. The predicted octanol–water partition coefficient (Wildman–Crippen LogP) is 3.40. The molecule has 1 amide bonds. The number of aromatic nitrogens is 1. The molecule has 0 atom stereocenters. The number of fused-ring (bicyclic) bond motifs is 1. The second kappa shape index (κ2) is 7.55. The fourth-order valence-corrected chi connectivity index (χ4v) is 4.10. The monoisotopic (exact) mass is 399 g/mol. The van der Waals surface area contributed by atoms with E-state index in [-0.39, 0.29) is 11.8 Å². The van der Waals surface area contributed by atoms with Crippen LogP contribution >= 0.6 is 11.3 Å². The third-order valence-electron chi connectivity index (χ3n) is 4.77. The van der Waals surface area contributed by atoms with Gasteiger partial charge in [0, 0.05) is 19.2 Å². The van der Waals surface area contributed by atoms with Crippen LogP contribution in [0.25, 0.3) is 10.2 Å². The van der Waals surface area contributed by atoms with Gasteiger partial charge in [-0.3, -0.25) is 4.79 Å². The Hall–Kier alpha value is -3.00. The molecule has 3 aromatic rings. The van der Waals surface area contributed by atoms with Crippen LogP contribution in [0.2, 0.25) is 0 Å². The van der Waals surface area contributed by atoms with Gasteiger partial charge in [-0.1, -0.05) is 11.3 Å². The minimum atomic E-state index is -0.0895. The molecular weight excluding hydrogens is 378 g/mol. The Bertz CT molecular complexity index is 1010. The molecule has 2 aromatic carbocycles. The number of nitrogens with zero attached hydrogens (tertiary/aromatic N) is 2. The molecule has 1 aliphatic heterocycles. The summed E-state index contributed by atoms with van der Waals surface area (Å²) in [7, 11) is 4.81. The lowest BCUT2D eigenvalue weighted by molar-refractivity contribution is -0.120. The van der Waals surface area contributed by atoms with E-state index >= 15 is 0 Å². The molecule has 0 spiro atoms. The van der Waals surface area contributed by atoms with E-state index in [1.807, 2.05) is 18.2 Å². The maximum absolute atomic E-state index is 12.6. The lowest BCUT2D eigenvalue weighted by atomic mass is 10.00. The van der Waals surface area contributed by atoms with Gasteiger partial charge in [-0.25, -0.2) is 4.98 Å². The third-order valence-corrected chi connectivity index (χ3v) is 5.85. The minimum absolute atomic E-state index is 0.0255. The zero-order valence-corrected chi connectivity index (χ0v) is 16.7. The highest BCUT2D eigenvalue weighted by atomic mass is 32.1. The zero-order valence-electron chi connectivity index (χ0n) is 15.9. The number of hydrogen-bond acceptors (Lipinski definition) is 7. The number of rotatable bonds is 6. The molecule has 28 heavy (non-hydrogen) atoms. The van der Waals surface area contributed by atoms with Crippen molar-refractivity contribution in [2.24, 2.45) is 5.92 Å². The van der Waals surface area contributed by atoms with Crippen molar-refractivity contribution in [3.8, 4) is 17.2 Å². The van der Waals surface area contributed by atoms with Gasteiger partial charge in [-0.2, -0.15) is 0 Å². The van der Waals surface area contributed by atoms with Crippen LogP contribution in [-0.2, 0) is 4.79 Å². The molecule has 146 valence electrons. The summed E-state index contributed by atoms with van der Waals surface area (Å²) >= 11 is 1.61. The van der Waals surface area contributed by atoms with E-state index in [0.717, 1.165) is 21.1 Å². The average Bonchev–Trinajstić information content (AvgIpc) is 3.09. The minimum Gasteiger partial charge on any atom is -0.497 e. The number of hydrogen-bond donors (Lipinski definition) is 1. The number of amides is 1. The van der Waals surface area contributed by atoms with Crippen molar-refractivity contribution in [2.45, 2.75) is 0 Å². The SMILES string of the molecule is COc1ccc(NC(=O)C2CN(c3nc4ccc(OC)cc4s3)C2)c(OC)c1. The van der Waals surface area contributed by atoms with E-state index in [1.165, 1.54) is 0 Å². The highest BCUT2D eigenvalue weighted by Gasteiger charge is 2.34. The van der Waals surface area contributed by atoms with Crippen molar-refractivity contribution >= 4 is 38.3 Å². The van der Waals surface area contributed by atoms with Gasteiger partial charge >= 0.3 is 0 Å². The van der Waals surface area contributed by atoms with Crippen molar-refractivity contribution < 1.29 is 19.0 Å². The standard InChI is InChI=1S/C20H21N3O4S/c1-25-13-4-6-15(17(8-13)27-3)21-19(24)12-10-23(11-12)20-22-16-7-5-14(26-2)9-18(16)28-20/h4-9,12H,10-11H2,1-3H3,(H,21,24). The van der Waals surface area contributed by atoms with E-state index in [2.05, 4.69) is 15.2 Å². The molecule has 0 radical (unpaired) electrons. The van der Waals surface area contributed by atoms with Gasteiger partial charge in [0.15, 0.2) is 5.13 Å². The van der Waals surface area contributed by atoms with Crippen LogP contribution in [0, 0.1) is 5.92 Å². The van der Waals surface area contributed by atoms with Gasteiger partial charge in [-0.15, -0.1) is 0 Å². The normalized spacial score (nSPS) is 13.9. The second-order valence-electron chi connectivity index (χ2n) is 6.49. The molecule has 2 heterocycles. The number of ether oxygens (including phenoxy) is 3. The van der Waals surface area contributed by atoms with E-state index in [0.29, 0.717) is 30.3 Å². The second-order valence-corrected chi connectivity index (χ2v) is 7.50. The van der Waals surface area contributed by atoms with Gasteiger partial charge in [0.2, 0.25) is 5.91 Å². The number of methoxy groups -OCH3 is 3. The van der Waals surface area contributed by atoms with Crippen LogP contribution in [-0.4, -0.2) is 45.3 Å². The summed E-state index contributed by atoms with van der Waals surface area (Å²) in [6, 6.07) is 11.2. The average molecular weight is 399 g/mol. The Morgan fingerprint density at radius 3 is 2.50 bits per heavy atom. The first-order valence-corrected chi connectivity index (χ1v) is 9.65. The molecule has 4 rings (SSSR count). The number of anilines is 2. The number of carbonyl (C=O) groups excluding carboxylic acids is 1. The molecule has 7 nitrogen and oxygen atoms in total. The van der Waals surface area contributed by atoms with Gasteiger partial charge in [0.05, 0.1) is 43.2 Å². The van der Waals surface area contributed by atoms with Crippen LogP contribution in [0.5, 0.6) is 17.2 Å². The molecule has 1 saturated heterocycles. The van der Waals surface area contributed by atoms with Crippen LogP contribution < -0.4 is 24.4 Å². The number of carbonyl (C=O) groups is 1. The zero-order chi connectivity index (χ0) is 19.7. The Labute approximate surface area is 166 Å². The fourth-order valence-electron chi connectivity index (χ4n) is 3.09. The van der Waals surface area contributed by atoms with Gasteiger partial charge in [0.25, 0.3) is 0 Å². The lowest BCUT2D eigenvalue weighted by Crippen LogP contribution is -2.52. The van der Waals surface area contributed by atoms with Crippen molar-refractivity contribution in [2.75, 3.05) is 44.6 Å². The Morgan fingerprint density at radius 1 is 1.07 bits per heavy atom. The first-order valence-electron chi connectivity index (χ1n) is 8.83. The van der Waals surface area contributed by atoms with E-state index in [4.69, 9.17) is 14.2 Å². The maximum atomic E-state index is 12.6. The van der Waals surface area contributed by atoms with Gasteiger partial charge < -0.3 is 24.4 Å². The molecule has 1 aliphatic rings. The predicted molar refractivity (Wildman–Crippen MR) is 110 cm³/mol. The van der Waals surface area contributed by atoms with Crippen LogP contribution in [0.1, 0.15) is 0 Å². The highest BCUT2D eigenvalue weighted by molar-refractivity contribution is 7.22. The van der Waals surface area contributed by atoms with Crippen molar-refractivity contribution in [3.63, 3.8) is 0 Å². The molecule has 0 unspecified atom stereocenters. The first-order chi connectivity index (χ1) is 13.6. The number of thiazole rings is 1. The van der Waals surface area contributed by atoms with Crippen LogP contribution in [0.3, 0.4) is 0 Å². The lowest BCUT2D eigenvalue weighted by Gasteiger charge is -2.38. The van der Waals surface area contributed by atoms with E-state index in [1.54, 1.807) is 50.9 Å². The van der Waals surface area contributed by atoms with Crippen molar-refractivity contribution in [1.29, 1.82) is 0 Å². The molecule has 8 heteroatoms. The molecule has 0 saturated carbocycles. The molecule has 0 bridgehead atoms. The summed E-state index contributed by atoms with van der Waals surface area (Å²) in [4.78, 5) is 19.4. The summed E-state index contributed by atoms with van der Waals surface area (Å²) < 4.78 is 16.9. The van der Waals surface area contributed by atoms with Crippen molar-refractivity contribution in [1.82, 2.24) is 4.98 Å². The van der Waals surface area contributed by atoms with E-state index < -0.39 is 0 Å². The van der Waals surface area contributed by atoms with Crippen LogP contribution in [0.15, 0.2) is 36.4 Å². The summed E-state index contributed by atoms with van der Waals surface area (Å²) in [5.74, 6) is 1.95. The summed E-state index contributed by atoms with van der Waals surface area (Å²) in [5, 5.41) is 3.87. The maximum Gasteiger partial charge on any atom is 0.231 e. The quantitative estimate of drug-likeness (QED) is 0.685. The number of nitrogens with one attached hydrogen (secondary N) is 1. The largest absolute Gasteiger partial charge is 0.497 e. The topological polar surface area (TPSA) is 72.9 Å². The van der Waals surface area contributed by atoms with Gasteiger partial charge in [0.1, 0.15) is 17.2 Å². The van der Waals surface area contributed by atoms with E-state index in [9.17, 15) is 4.79 Å². The Morgan fingerprint density at radius 2 is 1.79 bits per heavy atom. The summed E-state index contributed by atoms with van der Waals surface area (Å²) in [6.45, 7) is 1.28. The molecular formula is C20H21N3O4S. The molecule has 1 aromatic heterocycles. The molecule has 1 fully saturated rings. The first kappa shape index (κ1) is 18.4. The smallest absolute Gasteiger partial charge is 0.231 e. The number of benzene rings is 2. The van der Waals surface area contributed by atoms with Gasteiger partial charge in [-0.05, 0) is 30.3 Å². The van der Waals surface area contributed by atoms with Crippen LogP contribution in [0.4, 0.5) is 10.8 Å².